The van der Waals surface area contributed by atoms with Crippen molar-refractivity contribution >= 4 is 33.9 Å². The summed E-state index contributed by atoms with van der Waals surface area (Å²) in [6.07, 6.45) is 6.06. The molecule has 5 heterocycles. The van der Waals surface area contributed by atoms with Crippen molar-refractivity contribution in [3.63, 3.8) is 0 Å². The standard InChI is InChI=1S/C34H36N8O3/c1-17-10-22(14-37-29(17)31(36)43)23-8-6-19-12-26(41(32(19)38-23)15-18-4-5-18)33-39-24-11-21(13-27(45-3)30(24)40(33)2)34(44)42-16-20-7-9-25(42)28(20)35/h6,8,10-14,18,20,25,28H,4-5,7,9,15-16,35H2,1-3H3,(H2,36,43)/t20?,25?,28-/m1/s1. The zero-order valence-electron chi connectivity index (χ0n) is 25.7. The first-order valence-corrected chi connectivity index (χ1v) is 15.6. The van der Waals surface area contributed by atoms with Gasteiger partial charge in [0.2, 0.25) is 0 Å². The number of pyridine rings is 2. The topological polar surface area (TPSA) is 147 Å². The predicted octanol–water partition coefficient (Wildman–Crippen LogP) is 4.04. The number of nitrogens with zero attached hydrogens (tertiary/aromatic N) is 6. The van der Waals surface area contributed by atoms with E-state index in [2.05, 4.69) is 21.7 Å². The molecule has 4 N–H and O–H groups in total. The molecule has 45 heavy (non-hydrogen) atoms. The summed E-state index contributed by atoms with van der Waals surface area (Å²) in [6, 6.07) is 11.9. The molecule has 0 radical (unpaired) electrons. The number of likely N-dealkylation sites (tertiary alicyclic amines) is 1. The number of aryl methyl sites for hydroxylation is 2. The normalized spacial score (nSPS) is 20.9. The number of carbonyl (C=O) groups is 2. The molecular weight excluding hydrogens is 568 g/mol. The maximum Gasteiger partial charge on any atom is 0.267 e. The van der Waals surface area contributed by atoms with Crippen molar-refractivity contribution in [2.24, 2.45) is 30.4 Å². The molecule has 1 aromatic carbocycles. The third-order valence-electron chi connectivity index (χ3n) is 10.0. The molecule has 8 rings (SSSR count). The molecule has 0 spiro atoms. The number of carbonyl (C=O) groups excluding carboxylic acids is 2. The molecule has 3 aliphatic rings. The van der Waals surface area contributed by atoms with E-state index in [0.29, 0.717) is 40.8 Å². The number of ether oxygens (including phenoxy) is 1. The fourth-order valence-electron chi connectivity index (χ4n) is 7.46. The highest BCUT2D eigenvalue weighted by atomic mass is 16.5. The molecule has 1 aliphatic heterocycles. The Balaban J connectivity index is 1.23. The largest absolute Gasteiger partial charge is 0.494 e. The van der Waals surface area contributed by atoms with Crippen LogP contribution in [0.15, 0.2) is 42.6 Å². The third kappa shape index (κ3) is 4.40. The lowest BCUT2D eigenvalue weighted by atomic mass is 10.1. The number of rotatable bonds is 7. The van der Waals surface area contributed by atoms with Gasteiger partial charge in [-0.05, 0) is 86.4 Å². The summed E-state index contributed by atoms with van der Waals surface area (Å²) in [5.41, 5.74) is 18.4. The predicted molar refractivity (Wildman–Crippen MR) is 171 cm³/mol. The van der Waals surface area contributed by atoms with E-state index in [1.165, 1.54) is 12.8 Å². The van der Waals surface area contributed by atoms with Gasteiger partial charge in [0.1, 0.15) is 22.6 Å². The Morgan fingerprint density at radius 3 is 2.56 bits per heavy atom. The van der Waals surface area contributed by atoms with E-state index in [1.807, 2.05) is 47.7 Å². The van der Waals surface area contributed by atoms with E-state index in [-0.39, 0.29) is 23.7 Å². The van der Waals surface area contributed by atoms with Gasteiger partial charge in [0, 0.05) is 54.9 Å². The molecule has 2 unspecified atom stereocenters. The van der Waals surface area contributed by atoms with Gasteiger partial charge < -0.3 is 30.2 Å². The first-order valence-electron chi connectivity index (χ1n) is 15.6. The van der Waals surface area contributed by atoms with Crippen LogP contribution in [0.3, 0.4) is 0 Å². The monoisotopic (exact) mass is 604 g/mol. The summed E-state index contributed by atoms with van der Waals surface area (Å²) in [5, 5.41) is 1.00. The number of hydrogen-bond acceptors (Lipinski definition) is 7. The average molecular weight is 605 g/mol. The SMILES string of the molecule is COc1cc(C(=O)N2CC3CCC2[C@@H]3N)cc2nc(-c3cc4ccc(-c5cnc(C(N)=O)c(C)c5)nc4n3CC3CC3)n(C)c12. The molecule has 11 nitrogen and oxygen atoms in total. The summed E-state index contributed by atoms with van der Waals surface area (Å²) < 4.78 is 10.2. The Kier molecular flexibility index (Phi) is 6.25. The lowest BCUT2D eigenvalue weighted by Crippen LogP contribution is -2.41. The van der Waals surface area contributed by atoms with Crippen LogP contribution in [-0.4, -0.2) is 66.5 Å². The van der Waals surface area contributed by atoms with E-state index in [1.54, 1.807) is 13.3 Å². The van der Waals surface area contributed by atoms with Crippen molar-refractivity contribution < 1.29 is 14.3 Å². The van der Waals surface area contributed by atoms with Crippen LogP contribution in [0.2, 0.25) is 0 Å². The average Bonchev–Trinajstić information content (AvgIpc) is 3.44. The molecule has 2 saturated carbocycles. The Morgan fingerprint density at radius 1 is 1.07 bits per heavy atom. The smallest absolute Gasteiger partial charge is 0.267 e. The molecule has 2 aliphatic carbocycles. The lowest BCUT2D eigenvalue weighted by Gasteiger charge is -2.27. The second kappa shape index (κ2) is 10.1. The Bertz CT molecular complexity index is 2040. The quantitative estimate of drug-likeness (QED) is 0.285. The van der Waals surface area contributed by atoms with Crippen LogP contribution in [0.5, 0.6) is 5.75 Å². The first-order chi connectivity index (χ1) is 21.7. The summed E-state index contributed by atoms with van der Waals surface area (Å²) in [4.78, 5) is 41.9. The zero-order chi connectivity index (χ0) is 31.1. The fraction of sp³-hybridized carbons (Fsp3) is 0.382. The second-order valence-corrected chi connectivity index (χ2v) is 12.9. The number of hydrogen-bond donors (Lipinski definition) is 2. The first kappa shape index (κ1) is 27.8. The highest BCUT2D eigenvalue weighted by Gasteiger charge is 2.47. The number of primary amides is 1. The number of aromatic nitrogens is 5. The Morgan fingerprint density at radius 2 is 1.89 bits per heavy atom. The number of nitrogens with two attached hydrogens (primary N) is 2. The minimum absolute atomic E-state index is 0.0155. The zero-order valence-corrected chi connectivity index (χ0v) is 25.7. The van der Waals surface area contributed by atoms with Crippen LogP contribution in [0.25, 0.3) is 44.8 Å². The number of benzene rings is 1. The lowest BCUT2D eigenvalue weighted by molar-refractivity contribution is 0.0700. The summed E-state index contributed by atoms with van der Waals surface area (Å²) in [6.45, 7) is 3.36. The van der Waals surface area contributed by atoms with Crippen LogP contribution < -0.4 is 16.2 Å². The maximum atomic E-state index is 13.7. The molecule has 4 aromatic heterocycles. The van der Waals surface area contributed by atoms with Gasteiger partial charge in [-0.1, -0.05) is 0 Å². The Labute approximate surface area is 260 Å². The molecule has 230 valence electrons. The van der Waals surface area contributed by atoms with Crippen molar-refractivity contribution in [1.82, 2.24) is 29.0 Å². The van der Waals surface area contributed by atoms with Crippen LogP contribution >= 0.6 is 0 Å². The second-order valence-electron chi connectivity index (χ2n) is 12.9. The van der Waals surface area contributed by atoms with Crippen molar-refractivity contribution in [1.29, 1.82) is 0 Å². The van der Waals surface area contributed by atoms with E-state index in [0.717, 1.165) is 58.7 Å². The highest BCUT2D eigenvalue weighted by Crippen LogP contribution is 2.40. The number of methoxy groups -OCH3 is 1. The third-order valence-corrected chi connectivity index (χ3v) is 10.0. The molecule has 3 atom stereocenters. The number of piperidine rings is 1. The molecule has 5 aromatic rings. The number of amides is 2. The minimum Gasteiger partial charge on any atom is -0.494 e. The van der Waals surface area contributed by atoms with E-state index in [9.17, 15) is 9.59 Å². The van der Waals surface area contributed by atoms with Crippen molar-refractivity contribution in [2.75, 3.05) is 13.7 Å². The van der Waals surface area contributed by atoms with Crippen LogP contribution in [0.4, 0.5) is 0 Å². The van der Waals surface area contributed by atoms with Gasteiger partial charge in [-0.15, -0.1) is 0 Å². The van der Waals surface area contributed by atoms with Gasteiger partial charge in [0.05, 0.1) is 24.0 Å². The molecule has 3 fully saturated rings. The molecule has 2 amide bonds. The van der Waals surface area contributed by atoms with Crippen LogP contribution in [0, 0.1) is 18.8 Å². The summed E-state index contributed by atoms with van der Waals surface area (Å²) in [5.74, 6) is 1.78. The van der Waals surface area contributed by atoms with Crippen LogP contribution in [-0.2, 0) is 13.6 Å². The van der Waals surface area contributed by atoms with Crippen molar-refractivity contribution in [3.05, 3.63) is 59.4 Å². The summed E-state index contributed by atoms with van der Waals surface area (Å²) in [7, 11) is 3.62. The number of fused-ring (bicyclic) bond motifs is 4. The molecule has 1 saturated heterocycles. The Hall–Kier alpha value is -4.77. The van der Waals surface area contributed by atoms with Crippen molar-refractivity contribution in [2.45, 2.75) is 51.2 Å². The fourth-order valence-corrected chi connectivity index (χ4v) is 7.46. The molecule has 2 bridgehead atoms. The van der Waals surface area contributed by atoms with Gasteiger partial charge in [0.25, 0.3) is 11.8 Å². The summed E-state index contributed by atoms with van der Waals surface area (Å²) >= 11 is 0. The van der Waals surface area contributed by atoms with E-state index < -0.39 is 5.91 Å². The van der Waals surface area contributed by atoms with E-state index in [4.69, 9.17) is 26.2 Å². The minimum atomic E-state index is -0.548. The van der Waals surface area contributed by atoms with Gasteiger partial charge in [-0.3, -0.25) is 14.6 Å². The maximum absolute atomic E-state index is 13.7. The van der Waals surface area contributed by atoms with Crippen molar-refractivity contribution in [3.8, 4) is 28.5 Å². The van der Waals surface area contributed by atoms with E-state index >= 15 is 0 Å². The number of imidazole rings is 1. The van der Waals surface area contributed by atoms with Gasteiger partial charge in [-0.2, -0.15) is 0 Å². The van der Waals surface area contributed by atoms with Gasteiger partial charge in [-0.25, -0.2) is 9.97 Å². The molecule has 11 heteroatoms. The van der Waals surface area contributed by atoms with Crippen LogP contribution in [0.1, 0.15) is 52.1 Å². The van der Waals surface area contributed by atoms with Gasteiger partial charge in [0.15, 0.2) is 5.82 Å². The van der Waals surface area contributed by atoms with Gasteiger partial charge >= 0.3 is 0 Å². The molecular formula is C34H36N8O3. The highest BCUT2D eigenvalue weighted by molar-refractivity contribution is 6.00.